The molecule has 1 atom stereocenters. The molecule has 0 radical (unpaired) electrons. The average molecular weight is 238 g/mol. The maximum atomic E-state index is 12.9. The highest BCUT2D eigenvalue weighted by molar-refractivity contribution is 5.15. The fraction of sp³-hybridized carbons (Fsp3) is 0.538. The highest BCUT2D eigenvalue weighted by Gasteiger charge is 2.16. The van der Waals surface area contributed by atoms with Gasteiger partial charge in [-0.2, -0.15) is 0 Å². The van der Waals surface area contributed by atoms with Gasteiger partial charge in [-0.25, -0.2) is 4.39 Å². The molecule has 0 spiro atoms. The Morgan fingerprint density at radius 1 is 1.53 bits per heavy atom. The van der Waals surface area contributed by atoms with Gasteiger partial charge in [-0.3, -0.25) is 0 Å². The van der Waals surface area contributed by atoms with Gasteiger partial charge in [0.15, 0.2) is 0 Å². The zero-order valence-corrected chi connectivity index (χ0v) is 10.2. The van der Waals surface area contributed by atoms with E-state index in [1.807, 2.05) is 6.07 Å². The van der Waals surface area contributed by atoms with Crippen LogP contribution in [0.4, 0.5) is 4.39 Å². The molecule has 0 amide bonds. The van der Waals surface area contributed by atoms with E-state index >= 15 is 0 Å². The van der Waals surface area contributed by atoms with Crippen molar-refractivity contribution in [2.24, 2.45) is 0 Å². The predicted octanol–water partition coefficient (Wildman–Crippen LogP) is 1.25. The normalized spacial score (nSPS) is 21.6. The lowest BCUT2D eigenvalue weighted by Crippen LogP contribution is -2.44. The molecule has 0 bridgehead atoms. The van der Waals surface area contributed by atoms with Crippen molar-refractivity contribution in [2.45, 2.75) is 12.6 Å². The maximum absolute atomic E-state index is 12.9. The van der Waals surface area contributed by atoms with Gasteiger partial charge in [0.05, 0.1) is 12.7 Å². The van der Waals surface area contributed by atoms with Gasteiger partial charge >= 0.3 is 0 Å². The molecule has 1 aliphatic rings. The number of hydrogen-bond acceptors (Lipinski definition) is 3. The third-order valence-corrected chi connectivity index (χ3v) is 2.93. The van der Waals surface area contributed by atoms with Crippen LogP contribution in [0.15, 0.2) is 24.3 Å². The van der Waals surface area contributed by atoms with Crippen LogP contribution >= 0.6 is 0 Å². The Kier molecular flexibility index (Phi) is 4.48. The van der Waals surface area contributed by atoms with Gasteiger partial charge in [-0.15, -0.1) is 0 Å². The Hall–Kier alpha value is -0.970. The standard InChI is InChI=1S/C13H19FN2O/c1-16-5-6-17-13(10-16)9-15-8-11-3-2-4-12(14)7-11/h2-4,7,13,15H,5-6,8-10H2,1H3. The van der Waals surface area contributed by atoms with E-state index in [2.05, 4.69) is 17.3 Å². The molecule has 0 aliphatic carbocycles. The molecule has 1 unspecified atom stereocenters. The van der Waals surface area contributed by atoms with Crippen LogP contribution in [-0.4, -0.2) is 44.3 Å². The van der Waals surface area contributed by atoms with Crippen LogP contribution in [0.25, 0.3) is 0 Å². The number of ether oxygens (including phenoxy) is 1. The Morgan fingerprint density at radius 3 is 3.18 bits per heavy atom. The van der Waals surface area contributed by atoms with Crippen molar-refractivity contribution in [3.05, 3.63) is 35.6 Å². The van der Waals surface area contributed by atoms with Gasteiger partial charge in [0.25, 0.3) is 0 Å². The first kappa shape index (κ1) is 12.5. The first-order valence-corrected chi connectivity index (χ1v) is 5.99. The summed E-state index contributed by atoms with van der Waals surface area (Å²) in [6.45, 7) is 4.24. The molecule has 17 heavy (non-hydrogen) atoms. The van der Waals surface area contributed by atoms with Crippen molar-refractivity contribution < 1.29 is 9.13 Å². The van der Waals surface area contributed by atoms with Gasteiger partial charge in [0.2, 0.25) is 0 Å². The lowest BCUT2D eigenvalue weighted by molar-refractivity contribution is -0.0182. The fourth-order valence-corrected chi connectivity index (χ4v) is 2.01. The van der Waals surface area contributed by atoms with Crippen LogP contribution in [0.5, 0.6) is 0 Å². The van der Waals surface area contributed by atoms with E-state index in [0.717, 1.165) is 31.8 Å². The summed E-state index contributed by atoms with van der Waals surface area (Å²) in [5.41, 5.74) is 0.967. The largest absolute Gasteiger partial charge is 0.374 e. The van der Waals surface area contributed by atoms with Gasteiger partial charge in [-0.1, -0.05) is 12.1 Å². The van der Waals surface area contributed by atoms with Gasteiger partial charge < -0.3 is 15.0 Å². The molecule has 0 aromatic heterocycles. The van der Waals surface area contributed by atoms with Gasteiger partial charge in [0.1, 0.15) is 5.82 Å². The number of nitrogens with one attached hydrogen (secondary N) is 1. The zero-order valence-electron chi connectivity index (χ0n) is 10.2. The molecule has 0 saturated carbocycles. The molecular formula is C13H19FN2O. The highest BCUT2D eigenvalue weighted by Crippen LogP contribution is 2.04. The molecule has 4 heteroatoms. The number of morpholine rings is 1. The fourth-order valence-electron chi connectivity index (χ4n) is 2.01. The molecule has 94 valence electrons. The molecule has 1 aromatic carbocycles. The second-order valence-corrected chi connectivity index (χ2v) is 4.52. The lowest BCUT2D eigenvalue weighted by Gasteiger charge is -2.30. The third-order valence-electron chi connectivity index (χ3n) is 2.93. The highest BCUT2D eigenvalue weighted by atomic mass is 19.1. The number of benzene rings is 1. The van der Waals surface area contributed by atoms with E-state index < -0.39 is 0 Å². The van der Waals surface area contributed by atoms with Crippen LogP contribution in [0.3, 0.4) is 0 Å². The van der Waals surface area contributed by atoms with Crippen LogP contribution < -0.4 is 5.32 Å². The zero-order chi connectivity index (χ0) is 12.1. The summed E-state index contributed by atoms with van der Waals surface area (Å²) in [5.74, 6) is -0.182. The van der Waals surface area contributed by atoms with Crippen molar-refractivity contribution in [3.63, 3.8) is 0 Å². The van der Waals surface area contributed by atoms with Crippen LogP contribution in [0, 0.1) is 5.82 Å². The Bertz CT molecular complexity index is 359. The number of likely N-dealkylation sites (N-methyl/N-ethyl adjacent to an activating group) is 1. The molecule has 1 aliphatic heterocycles. The van der Waals surface area contributed by atoms with Crippen LogP contribution in [-0.2, 0) is 11.3 Å². The predicted molar refractivity (Wildman–Crippen MR) is 65.3 cm³/mol. The maximum Gasteiger partial charge on any atom is 0.123 e. The number of rotatable bonds is 4. The molecule has 2 rings (SSSR count). The van der Waals surface area contributed by atoms with Crippen molar-refractivity contribution in [1.82, 2.24) is 10.2 Å². The van der Waals surface area contributed by atoms with Crippen LogP contribution in [0.1, 0.15) is 5.56 Å². The summed E-state index contributed by atoms with van der Waals surface area (Å²) < 4.78 is 18.6. The van der Waals surface area contributed by atoms with Crippen molar-refractivity contribution in [1.29, 1.82) is 0 Å². The first-order valence-electron chi connectivity index (χ1n) is 5.99. The van der Waals surface area contributed by atoms with E-state index in [4.69, 9.17) is 4.74 Å². The number of hydrogen-bond donors (Lipinski definition) is 1. The summed E-state index contributed by atoms with van der Waals surface area (Å²) in [6, 6.07) is 6.67. The summed E-state index contributed by atoms with van der Waals surface area (Å²) in [4.78, 5) is 2.26. The summed E-state index contributed by atoms with van der Waals surface area (Å²) in [5, 5.41) is 3.30. The third kappa shape index (κ3) is 4.07. The van der Waals surface area contributed by atoms with Crippen LogP contribution in [0.2, 0.25) is 0 Å². The first-order chi connectivity index (χ1) is 8.24. The van der Waals surface area contributed by atoms with E-state index in [0.29, 0.717) is 6.54 Å². The Balaban J connectivity index is 1.72. The second-order valence-electron chi connectivity index (χ2n) is 4.52. The monoisotopic (exact) mass is 238 g/mol. The Morgan fingerprint density at radius 2 is 2.41 bits per heavy atom. The summed E-state index contributed by atoms with van der Waals surface area (Å²) in [6.07, 6.45) is 0.238. The number of halogens is 1. The quantitative estimate of drug-likeness (QED) is 0.854. The van der Waals surface area contributed by atoms with Crippen molar-refractivity contribution >= 4 is 0 Å². The molecule has 1 heterocycles. The molecule has 3 nitrogen and oxygen atoms in total. The minimum Gasteiger partial charge on any atom is -0.374 e. The van der Waals surface area contributed by atoms with E-state index in [-0.39, 0.29) is 11.9 Å². The Labute approximate surface area is 102 Å². The molecule has 1 N–H and O–H groups in total. The topological polar surface area (TPSA) is 24.5 Å². The van der Waals surface area contributed by atoms with Gasteiger partial charge in [-0.05, 0) is 24.7 Å². The molecule has 1 fully saturated rings. The smallest absolute Gasteiger partial charge is 0.123 e. The molecule has 1 saturated heterocycles. The minimum atomic E-state index is -0.182. The van der Waals surface area contributed by atoms with Crippen molar-refractivity contribution in [3.8, 4) is 0 Å². The van der Waals surface area contributed by atoms with Crippen molar-refractivity contribution in [2.75, 3.05) is 33.3 Å². The summed E-state index contributed by atoms with van der Waals surface area (Å²) in [7, 11) is 2.10. The lowest BCUT2D eigenvalue weighted by atomic mass is 10.2. The van der Waals surface area contributed by atoms with E-state index in [1.165, 1.54) is 6.07 Å². The molecule has 1 aromatic rings. The summed E-state index contributed by atoms with van der Waals surface area (Å²) >= 11 is 0. The van der Waals surface area contributed by atoms with Gasteiger partial charge in [0, 0.05) is 26.2 Å². The minimum absolute atomic E-state index is 0.182. The SMILES string of the molecule is CN1CCOC(CNCc2cccc(F)c2)C1. The second kappa shape index (κ2) is 6.10. The van der Waals surface area contributed by atoms with E-state index in [9.17, 15) is 4.39 Å². The average Bonchev–Trinajstić information content (AvgIpc) is 2.29. The number of nitrogens with zero attached hydrogens (tertiary/aromatic N) is 1. The molecular weight excluding hydrogens is 219 g/mol. The van der Waals surface area contributed by atoms with E-state index in [1.54, 1.807) is 12.1 Å².